The fourth-order valence-electron chi connectivity index (χ4n) is 3.20. The molecule has 1 fully saturated rings. The summed E-state index contributed by atoms with van der Waals surface area (Å²) in [6.07, 6.45) is 4.01. The largest absolute Gasteiger partial charge is 0.325 e. The van der Waals surface area contributed by atoms with Gasteiger partial charge in [0.2, 0.25) is 0 Å². The molecule has 1 aliphatic carbocycles. The predicted octanol–water partition coefficient (Wildman–Crippen LogP) is 3.62. The van der Waals surface area contributed by atoms with E-state index in [9.17, 15) is 0 Å². The molecule has 2 bridgehead atoms. The van der Waals surface area contributed by atoms with E-state index >= 15 is 0 Å². The fourth-order valence-corrected chi connectivity index (χ4v) is 3.64. The number of fused-ring (bicyclic) bond motifs is 7. The Morgan fingerprint density at radius 3 is 3.20 bits per heavy atom. The molecule has 2 unspecified atom stereocenters. The highest BCUT2D eigenvalue weighted by molar-refractivity contribution is 9.10. The van der Waals surface area contributed by atoms with Gasteiger partial charge in [-0.15, -0.1) is 0 Å². The average Bonchev–Trinajstić information content (AvgIpc) is 2.87. The van der Waals surface area contributed by atoms with E-state index in [4.69, 9.17) is 4.98 Å². The SMILES string of the molecule is Brc1cccc2c1nc1n2C2CCC1C2. The maximum Gasteiger partial charge on any atom is 0.113 e. The van der Waals surface area contributed by atoms with Crippen LogP contribution >= 0.6 is 15.9 Å². The highest BCUT2D eigenvalue weighted by atomic mass is 79.9. The van der Waals surface area contributed by atoms with E-state index in [-0.39, 0.29) is 0 Å². The van der Waals surface area contributed by atoms with Gasteiger partial charge in [0, 0.05) is 16.4 Å². The zero-order chi connectivity index (χ0) is 9.99. The van der Waals surface area contributed by atoms with Crippen LogP contribution in [-0.2, 0) is 0 Å². The van der Waals surface area contributed by atoms with Crippen LogP contribution in [0.3, 0.4) is 0 Å². The van der Waals surface area contributed by atoms with Crippen LogP contribution in [0.5, 0.6) is 0 Å². The van der Waals surface area contributed by atoms with Crippen LogP contribution in [0.1, 0.15) is 37.0 Å². The summed E-state index contributed by atoms with van der Waals surface area (Å²) in [5.41, 5.74) is 2.45. The van der Waals surface area contributed by atoms with Crippen LogP contribution in [0.2, 0.25) is 0 Å². The van der Waals surface area contributed by atoms with Crippen molar-refractivity contribution >= 4 is 27.0 Å². The van der Waals surface area contributed by atoms with Crippen LogP contribution in [-0.4, -0.2) is 9.55 Å². The van der Waals surface area contributed by atoms with Crippen molar-refractivity contribution in [2.75, 3.05) is 0 Å². The quantitative estimate of drug-likeness (QED) is 0.709. The molecule has 0 saturated heterocycles. The summed E-state index contributed by atoms with van der Waals surface area (Å²) in [5, 5.41) is 0. The lowest BCUT2D eigenvalue weighted by Crippen LogP contribution is -2.05. The lowest BCUT2D eigenvalue weighted by atomic mass is 10.1. The van der Waals surface area contributed by atoms with E-state index in [1.807, 2.05) is 0 Å². The van der Waals surface area contributed by atoms with Crippen molar-refractivity contribution in [3.63, 3.8) is 0 Å². The number of hydrogen-bond acceptors (Lipinski definition) is 1. The molecule has 15 heavy (non-hydrogen) atoms. The number of imidazole rings is 1. The van der Waals surface area contributed by atoms with Crippen molar-refractivity contribution in [2.24, 2.45) is 0 Å². The van der Waals surface area contributed by atoms with Crippen molar-refractivity contribution in [2.45, 2.75) is 31.2 Å². The molecule has 0 N–H and O–H groups in total. The van der Waals surface area contributed by atoms with Crippen LogP contribution in [0, 0.1) is 0 Å². The van der Waals surface area contributed by atoms with Crippen LogP contribution in [0.15, 0.2) is 22.7 Å². The standard InChI is InChI=1S/C12H11BrN2/c13-9-2-1-3-10-11(9)14-12-7-4-5-8(6-7)15(10)12/h1-3,7-8H,4-6H2. The maximum absolute atomic E-state index is 4.79. The highest BCUT2D eigenvalue weighted by Crippen LogP contribution is 2.50. The first-order valence-electron chi connectivity index (χ1n) is 5.51. The van der Waals surface area contributed by atoms with Gasteiger partial charge >= 0.3 is 0 Å². The number of halogens is 1. The van der Waals surface area contributed by atoms with E-state index in [1.54, 1.807) is 0 Å². The van der Waals surface area contributed by atoms with E-state index < -0.39 is 0 Å². The van der Waals surface area contributed by atoms with Gasteiger partial charge in [-0.2, -0.15) is 0 Å². The van der Waals surface area contributed by atoms with Crippen LogP contribution < -0.4 is 0 Å². The number of hydrogen-bond donors (Lipinski definition) is 0. The molecule has 1 saturated carbocycles. The van der Waals surface area contributed by atoms with Gasteiger partial charge in [-0.05, 0) is 47.3 Å². The third kappa shape index (κ3) is 0.924. The Balaban J connectivity index is 2.13. The van der Waals surface area contributed by atoms with Gasteiger partial charge < -0.3 is 4.57 Å². The Labute approximate surface area is 96.4 Å². The van der Waals surface area contributed by atoms with Gasteiger partial charge in [-0.25, -0.2) is 4.98 Å². The fraction of sp³-hybridized carbons (Fsp3) is 0.417. The maximum atomic E-state index is 4.79. The van der Waals surface area contributed by atoms with Crippen LogP contribution in [0.25, 0.3) is 11.0 Å². The smallest absolute Gasteiger partial charge is 0.113 e. The summed E-state index contributed by atoms with van der Waals surface area (Å²) < 4.78 is 3.59. The van der Waals surface area contributed by atoms with E-state index in [0.717, 1.165) is 21.9 Å². The molecule has 0 spiro atoms. The summed E-state index contributed by atoms with van der Waals surface area (Å²) in [4.78, 5) is 4.79. The van der Waals surface area contributed by atoms with E-state index in [2.05, 4.69) is 38.7 Å². The average molecular weight is 263 g/mol. The molecule has 3 heteroatoms. The van der Waals surface area contributed by atoms with Gasteiger partial charge in [0.25, 0.3) is 0 Å². The number of para-hydroxylation sites is 1. The Morgan fingerprint density at radius 2 is 2.27 bits per heavy atom. The second-order valence-electron chi connectivity index (χ2n) is 4.61. The molecule has 1 aromatic carbocycles. The second-order valence-corrected chi connectivity index (χ2v) is 5.47. The van der Waals surface area contributed by atoms with Gasteiger partial charge in [0.05, 0.1) is 5.52 Å². The molecule has 1 aliphatic heterocycles. The lowest BCUT2D eigenvalue weighted by molar-refractivity contribution is 0.539. The molecule has 2 atom stereocenters. The Morgan fingerprint density at radius 1 is 1.33 bits per heavy atom. The summed E-state index contributed by atoms with van der Waals surface area (Å²) in [5.74, 6) is 2.06. The number of benzene rings is 1. The Kier molecular flexibility index (Phi) is 1.47. The minimum absolute atomic E-state index is 0.726. The number of nitrogens with zero attached hydrogens (tertiary/aromatic N) is 2. The van der Waals surface area contributed by atoms with Gasteiger partial charge in [-0.1, -0.05) is 6.07 Å². The third-order valence-corrected chi connectivity index (χ3v) is 4.47. The summed E-state index contributed by atoms with van der Waals surface area (Å²) in [7, 11) is 0. The van der Waals surface area contributed by atoms with Crippen LogP contribution in [0.4, 0.5) is 0 Å². The van der Waals surface area contributed by atoms with Crippen molar-refractivity contribution in [1.82, 2.24) is 9.55 Å². The van der Waals surface area contributed by atoms with E-state index in [1.165, 1.54) is 30.6 Å². The Hall–Kier alpha value is -0.830. The third-order valence-electron chi connectivity index (χ3n) is 3.83. The molecule has 2 aliphatic rings. The Bertz CT molecular complexity index is 558. The lowest BCUT2D eigenvalue weighted by Gasteiger charge is -2.13. The number of aromatic nitrogens is 2. The molecule has 4 rings (SSSR count). The first-order valence-corrected chi connectivity index (χ1v) is 6.30. The number of rotatable bonds is 0. The van der Waals surface area contributed by atoms with Gasteiger partial charge in [0.1, 0.15) is 11.3 Å². The molecule has 76 valence electrons. The molecular weight excluding hydrogens is 252 g/mol. The van der Waals surface area contributed by atoms with Crippen molar-refractivity contribution in [1.29, 1.82) is 0 Å². The van der Waals surface area contributed by atoms with E-state index in [0.29, 0.717) is 0 Å². The second kappa shape index (κ2) is 2.64. The topological polar surface area (TPSA) is 17.8 Å². The molecule has 2 nitrogen and oxygen atoms in total. The van der Waals surface area contributed by atoms with Crippen molar-refractivity contribution in [3.8, 4) is 0 Å². The van der Waals surface area contributed by atoms with Crippen molar-refractivity contribution < 1.29 is 0 Å². The highest BCUT2D eigenvalue weighted by Gasteiger charge is 2.39. The van der Waals surface area contributed by atoms with Gasteiger partial charge in [-0.3, -0.25) is 0 Å². The zero-order valence-corrected chi connectivity index (χ0v) is 9.87. The summed E-state index contributed by atoms with van der Waals surface area (Å²) in [6.45, 7) is 0. The van der Waals surface area contributed by atoms with Gasteiger partial charge in [0.15, 0.2) is 0 Å². The molecular formula is C12H11BrN2. The molecule has 0 amide bonds. The zero-order valence-electron chi connectivity index (χ0n) is 8.28. The first-order chi connectivity index (χ1) is 7.34. The first kappa shape index (κ1) is 8.34. The van der Waals surface area contributed by atoms with Crippen molar-refractivity contribution in [3.05, 3.63) is 28.5 Å². The molecule has 2 heterocycles. The summed E-state index contributed by atoms with van der Waals surface area (Å²) >= 11 is 3.58. The monoisotopic (exact) mass is 262 g/mol. The summed E-state index contributed by atoms with van der Waals surface area (Å²) in [6, 6.07) is 7.10. The molecule has 2 aromatic rings. The molecule has 1 aromatic heterocycles. The minimum atomic E-state index is 0.726. The minimum Gasteiger partial charge on any atom is -0.325 e. The normalized spacial score (nSPS) is 27.5. The predicted molar refractivity (Wildman–Crippen MR) is 63.1 cm³/mol. The molecule has 0 radical (unpaired) electrons.